The van der Waals surface area contributed by atoms with Crippen LogP contribution in [0.5, 0.6) is 0 Å². The molecule has 0 bridgehead atoms. The van der Waals surface area contributed by atoms with Crippen molar-refractivity contribution in [2.75, 3.05) is 23.7 Å². The first-order chi connectivity index (χ1) is 11.0. The number of piperidine rings is 1. The number of carbonyl (C=O) groups is 1. The number of rotatable bonds is 3. The zero-order valence-corrected chi connectivity index (χ0v) is 14.2. The number of nitrogens with two attached hydrogens (primary N) is 2. The minimum absolute atomic E-state index is 0.203. The third-order valence-electron chi connectivity index (χ3n) is 3.96. The molecule has 4 N–H and O–H groups in total. The van der Waals surface area contributed by atoms with Gasteiger partial charge in [-0.2, -0.15) is 0 Å². The van der Waals surface area contributed by atoms with Gasteiger partial charge in [-0.05, 0) is 47.0 Å². The van der Waals surface area contributed by atoms with Crippen LogP contribution in [0.1, 0.15) is 28.9 Å². The summed E-state index contributed by atoms with van der Waals surface area (Å²) in [6.07, 6.45) is 3.43. The number of ketones is 1. The number of nitrogens with zero attached hydrogens (tertiary/aromatic N) is 3. The van der Waals surface area contributed by atoms with Crippen LogP contribution in [0.3, 0.4) is 0 Å². The van der Waals surface area contributed by atoms with Gasteiger partial charge in [0.2, 0.25) is 5.78 Å². The first-order valence-corrected chi connectivity index (χ1v) is 8.27. The summed E-state index contributed by atoms with van der Waals surface area (Å²) in [5.74, 6) is 0.769. The maximum Gasteiger partial charge on any atom is 0.215 e. The zero-order valence-electron chi connectivity index (χ0n) is 12.6. The predicted octanol–water partition coefficient (Wildman–Crippen LogP) is 1.98. The molecule has 0 aromatic carbocycles. The van der Waals surface area contributed by atoms with Crippen molar-refractivity contribution >= 4 is 33.3 Å². The van der Waals surface area contributed by atoms with E-state index >= 15 is 0 Å². The van der Waals surface area contributed by atoms with Crippen LogP contribution < -0.4 is 16.4 Å². The van der Waals surface area contributed by atoms with E-state index in [9.17, 15) is 4.79 Å². The lowest BCUT2D eigenvalue weighted by atomic mass is 10.1. The van der Waals surface area contributed by atoms with Gasteiger partial charge in [-0.3, -0.25) is 4.79 Å². The highest BCUT2D eigenvalue weighted by Gasteiger charge is 2.20. The van der Waals surface area contributed by atoms with E-state index in [1.165, 1.54) is 0 Å². The Morgan fingerprint density at radius 1 is 1.30 bits per heavy atom. The number of halogens is 1. The van der Waals surface area contributed by atoms with Gasteiger partial charge >= 0.3 is 0 Å². The van der Waals surface area contributed by atoms with Gasteiger partial charge in [-0.25, -0.2) is 9.97 Å². The van der Waals surface area contributed by atoms with Gasteiger partial charge in [0.05, 0.1) is 5.56 Å². The summed E-state index contributed by atoms with van der Waals surface area (Å²) in [6.45, 7) is 1.71. The van der Waals surface area contributed by atoms with Crippen LogP contribution in [0, 0.1) is 0 Å². The van der Waals surface area contributed by atoms with Crippen molar-refractivity contribution in [3.8, 4) is 0 Å². The molecule has 0 saturated carbocycles. The normalized spacial score (nSPS) is 15.7. The summed E-state index contributed by atoms with van der Waals surface area (Å²) in [6, 6.07) is 7.37. The Hall–Kier alpha value is -1.99. The highest BCUT2D eigenvalue weighted by atomic mass is 79.9. The quantitative estimate of drug-likeness (QED) is 0.795. The number of carbonyl (C=O) groups excluding carboxylic acids is 1. The molecular weight excluding hydrogens is 358 g/mol. The Morgan fingerprint density at radius 2 is 2.04 bits per heavy atom. The second kappa shape index (κ2) is 6.64. The van der Waals surface area contributed by atoms with Crippen LogP contribution in [-0.4, -0.2) is 34.9 Å². The van der Waals surface area contributed by atoms with Crippen LogP contribution in [0.4, 0.5) is 11.6 Å². The number of hydrogen-bond donors (Lipinski definition) is 2. The SMILES string of the molecule is Nc1ncc(Br)cc1C(=O)c1cccc(N2CCC(N)CC2)n1. The minimum Gasteiger partial charge on any atom is -0.383 e. The monoisotopic (exact) mass is 375 g/mol. The smallest absolute Gasteiger partial charge is 0.215 e. The van der Waals surface area contributed by atoms with Gasteiger partial charge in [0.1, 0.15) is 17.3 Å². The van der Waals surface area contributed by atoms with Gasteiger partial charge < -0.3 is 16.4 Å². The average Bonchev–Trinajstić information content (AvgIpc) is 2.57. The Balaban J connectivity index is 1.87. The molecule has 0 spiro atoms. The third-order valence-corrected chi connectivity index (χ3v) is 4.39. The fraction of sp³-hybridized carbons (Fsp3) is 0.312. The minimum atomic E-state index is -0.230. The van der Waals surface area contributed by atoms with Gasteiger partial charge in [-0.1, -0.05) is 6.07 Å². The van der Waals surface area contributed by atoms with Crippen molar-refractivity contribution in [2.24, 2.45) is 5.73 Å². The van der Waals surface area contributed by atoms with E-state index in [4.69, 9.17) is 11.5 Å². The second-order valence-electron chi connectivity index (χ2n) is 5.62. The number of nitrogen functional groups attached to an aromatic ring is 1. The van der Waals surface area contributed by atoms with Crippen molar-refractivity contribution in [3.63, 3.8) is 0 Å². The molecule has 0 atom stereocenters. The zero-order chi connectivity index (χ0) is 16.4. The van der Waals surface area contributed by atoms with Crippen LogP contribution in [0.2, 0.25) is 0 Å². The van der Waals surface area contributed by atoms with Crippen molar-refractivity contribution in [3.05, 3.63) is 46.2 Å². The number of aromatic nitrogens is 2. The molecule has 3 rings (SSSR count). The van der Waals surface area contributed by atoms with Crippen molar-refractivity contribution < 1.29 is 4.79 Å². The summed E-state index contributed by atoms with van der Waals surface area (Å²) in [5, 5.41) is 0. The van der Waals surface area contributed by atoms with E-state index in [1.54, 1.807) is 18.3 Å². The molecule has 1 fully saturated rings. The number of hydrogen-bond acceptors (Lipinski definition) is 6. The van der Waals surface area contributed by atoms with Crippen molar-refractivity contribution in [1.29, 1.82) is 0 Å². The molecule has 1 saturated heterocycles. The molecule has 0 unspecified atom stereocenters. The first kappa shape index (κ1) is 15.9. The van der Waals surface area contributed by atoms with Crippen molar-refractivity contribution in [2.45, 2.75) is 18.9 Å². The van der Waals surface area contributed by atoms with Gasteiger partial charge in [0.15, 0.2) is 0 Å². The summed E-state index contributed by atoms with van der Waals surface area (Å²) >= 11 is 3.31. The molecule has 1 aliphatic heterocycles. The number of anilines is 2. The lowest BCUT2D eigenvalue weighted by molar-refractivity contribution is 0.103. The molecule has 0 radical (unpaired) electrons. The molecule has 2 aromatic rings. The standard InChI is InChI=1S/C16H18BrN5O/c17-10-8-12(16(19)20-9-10)15(23)13-2-1-3-14(21-13)22-6-4-11(18)5-7-22/h1-3,8-9,11H,4-7,18H2,(H2,19,20). The van der Waals surface area contributed by atoms with Gasteiger partial charge in [0.25, 0.3) is 0 Å². The van der Waals surface area contributed by atoms with Crippen LogP contribution in [0.15, 0.2) is 34.9 Å². The molecule has 6 nitrogen and oxygen atoms in total. The lowest BCUT2D eigenvalue weighted by Gasteiger charge is -2.31. The van der Waals surface area contributed by atoms with E-state index in [0.29, 0.717) is 15.7 Å². The van der Waals surface area contributed by atoms with Crippen LogP contribution in [0.25, 0.3) is 0 Å². The molecule has 2 aromatic heterocycles. The fourth-order valence-electron chi connectivity index (χ4n) is 2.62. The molecular formula is C16H18BrN5O. The van der Waals surface area contributed by atoms with E-state index in [1.807, 2.05) is 12.1 Å². The van der Waals surface area contributed by atoms with Crippen LogP contribution in [-0.2, 0) is 0 Å². The van der Waals surface area contributed by atoms with E-state index in [2.05, 4.69) is 30.8 Å². The van der Waals surface area contributed by atoms with Crippen LogP contribution >= 0.6 is 15.9 Å². The molecule has 3 heterocycles. The summed E-state index contributed by atoms with van der Waals surface area (Å²) in [7, 11) is 0. The number of pyridine rings is 2. The lowest BCUT2D eigenvalue weighted by Crippen LogP contribution is -2.40. The topological polar surface area (TPSA) is 98.1 Å². The molecule has 120 valence electrons. The van der Waals surface area contributed by atoms with E-state index in [-0.39, 0.29) is 17.6 Å². The Labute approximate surface area is 143 Å². The Morgan fingerprint density at radius 3 is 2.78 bits per heavy atom. The molecule has 1 aliphatic rings. The van der Waals surface area contributed by atoms with E-state index < -0.39 is 0 Å². The average molecular weight is 376 g/mol. The van der Waals surface area contributed by atoms with Gasteiger partial charge in [0, 0.05) is 29.8 Å². The van der Waals surface area contributed by atoms with Crippen molar-refractivity contribution in [1.82, 2.24) is 9.97 Å². The summed E-state index contributed by atoms with van der Waals surface area (Å²) < 4.78 is 0.705. The largest absolute Gasteiger partial charge is 0.383 e. The highest BCUT2D eigenvalue weighted by Crippen LogP contribution is 2.21. The summed E-state index contributed by atoms with van der Waals surface area (Å²) in [4.78, 5) is 23.3. The van der Waals surface area contributed by atoms with E-state index in [0.717, 1.165) is 31.7 Å². The van der Waals surface area contributed by atoms with Gasteiger partial charge in [-0.15, -0.1) is 0 Å². The molecule has 23 heavy (non-hydrogen) atoms. The Kier molecular flexibility index (Phi) is 4.58. The first-order valence-electron chi connectivity index (χ1n) is 7.48. The third kappa shape index (κ3) is 3.51. The second-order valence-corrected chi connectivity index (χ2v) is 6.54. The predicted molar refractivity (Wildman–Crippen MR) is 93.4 cm³/mol. The maximum absolute atomic E-state index is 12.7. The molecule has 0 amide bonds. The maximum atomic E-state index is 12.7. The fourth-order valence-corrected chi connectivity index (χ4v) is 2.96. The Bertz CT molecular complexity index is 728. The highest BCUT2D eigenvalue weighted by molar-refractivity contribution is 9.10. The molecule has 0 aliphatic carbocycles. The molecule has 7 heteroatoms. The summed E-state index contributed by atoms with van der Waals surface area (Å²) in [5.41, 5.74) is 12.5.